The van der Waals surface area contributed by atoms with E-state index in [4.69, 9.17) is 11.6 Å². The lowest BCUT2D eigenvalue weighted by Crippen LogP contribution is -2.37. The molecule has 0 bridgehead atoms. The molecule has 0 spiro atoms. The molecule has 6 nitrogen and oxygen atoms in total. The van der Waals surface area contributed by atoms with E-state index in [1.807, 2.05) is 80.6 Å². The summed E-state index contributed by atoms with van der Waals surface area (Å²) in [5, 5.41) is 8.54. The second kappa shape index (κ2) is 11.9. The first kappa shape index (κ1) is 25.5. The second-order valence-electron chi connectivity index (χ2n) is 9.27. The molecule has 1 heterocycles. The van der Waals surface area contributed by atoms with E-state index in [0.717, 1.165) is 11.3 Å². The van der Waals surface area contributed by atoms with Crippen molar-refractivity contribution in [2.45, 2.75) is 19.9 Å². The number of benzene rings is 3. The lowest BCUT2D eigenvalue weighted by atomic mass is 9.93. The summed E-state index contributed by atoms with van der Waals surface area (Å²) in [7, 11) is 0. The number of anilines is 1. The van der Waals surface area contributed by atoms with Gasteiger partial charge in [0.15, 0.2) is 0 Å². The summed E-state index contributed by atoms with van der Waals surface area (Å²) in [6.45, 7) is 5.18. The molecule has 0 saturated carbocycles. The minimum Gasteiger partial charge on any atom is -0.351 e. The summed E-state index contributed by atoms with van der Waals surface area (Å²) in [6, 6.07) is 26.5. The highest BCUT2D eigenvalue weighted by atomic mass is 35.5. The molecule has 36 heavy (non-hydrogen) atoms. The molecule has 7 heteroatoms. The van der Waals surface area contributed by atoms with Crippen LogP contribution in [0.1, 0.15) is 35.8 Å². The Bertz CT molecular complexity index is 1200. The molecule has 0 aliphatic carbocycles. The highest BCUT2D eigenvalue weighted by Crippen LogP contribution is 2.33. The van der Waals surface area contributed by atoms with E-state index in [2.05, 4.69) is 21.1 Å². The Morgan fingerprint density at radius 2 is 1.64 bits per heavy atom. The molecule has 186 valence electrons. The lowest BCUT2D eigenvalue weighted by molar-refractivity contribution is -0.118. The maximum absolute atomic E-state index is 13.2. The van der Waals surface area contributed by atoms with Crippen molar-refractivity contribution in [2.24, 2.45) is 11.8 Å². The zero-order valence-corrected chi connectivity index (χ0v) is 21.2. The van der Waals surface area contributed by atoms with Crippen molar-refractivity contribution in [1.29, 1.82) is 0 Å². The number of amides is 2. The molecule has 3 aromatic carbocycles. The van der Waals surface area contributed by atoms with Gasteiger partial charge in [-0.1, -0.05) is 74.0 Å². The van der Waals surface area contributed by atoms with Crippen LogP contribution in [0.5, 0.6) is 0 Å². The number of para-hydroxylation sites is 1. The molecule has 0 radical (unpaired) electrons. The molecule has 0 unspecified atom stereocenters. The minimum atomic E-state index is -0.324. The largest absolute Gasteiger partial charge is 0.351 e. The van der Waals surface area contributed by atoms with Gasteiger partial charge < -0.3 is 15.6 Å². The summed E-state index contributed by atoms with van der Waals surface area (Å²) in [5.41, 5.74) is 6.36. The van der Waals surface area contributed by atoms with E-state index >= 15 is 0 Å². The zero-order chi connectivity index (χ0) is 25.5. The van der Waals surface area contributed by atoms with Gasteiger partial charge in [0.2, 0.25) is 0 Å². The van der Waals surface area contributed by atoms with Gasteiger partial charge in [0.25, 0.3) is 11.8 Å². The number of halogens is 1. The van der Waals surface area contributed by atoms with Crippen LogP contribution in [0.25, 0.3) is 0 Å². The third-order valence-electron chi connectivity index (χ3n) is 5.99. The van der Waals surface area contributed by atoms with Gasteiger partial charge in [-0.2, -0.15) is 0 Å². The van der Waals surface area contributed by atoms with Gasteiger partial charge >= 0.3 is 0 Å². The summed E-state index contributed by atoms with van der Waals surface area (Å²) in [6.07, 6.45) is 1.87. The normalized spacial score (nSPS) is 17.8. The Morgan fingerprint density at radius 3 is 2.28 bits per heavy atom. The number of hydrogen-bond acceptors (Lipinski definition) is 4. The molecular weight excluding hydrogens is 472 g/mol. The third kappa shape index (κ3) is 6.53. The maximum atomic E-state index is 13.2. The molecular formula is C29H31ClN4O2. The van der Waals surface area contributed by atoms with Crippen LogP contribution in [-0.4, -0.2) is 24.9 Å². The van der Waals surface area contributed by atoms with Crippen molar-refractivity contribution in [3.63, 3.8) is 0 Å². The molecule has 1 fully saturated rings. The molecule has 0 aromatic heterocycles. The van der Waals surface area contributed by atoms with Crippen molar-refractivity contribution >= 4 is 29.1 Å². The second-order valence-corrected chi connectivity index (χ2v) is 9.71. The van der Waals surface area contributed by atoms with Crippen LogP contribution in [0.15, 0.2) is 96.7 Å². The predicted octanol–water partition coefficient (Wildman–Crippen LogP) is 5.11. The summed E-state index contributed by atoms with van der Waals surface area (Å²) in [5.74, 6) is -0.456. The fraction of sp³-hybridized carbons (Fsp3) is 0.241. The molecule has 1 aliphatic heterocycles. The van der Waals surface area contributed by atoms with Gasteiger partial charge in [-0.05, 0) is 54.0 Å². The lowest BCUT2D eigenvalue weighted by Gasteiger charge is -2.20. The minimum absolute atomic E-state index is 0.109. The van der Waals surface area contributed by atoms with Gasteiger partial charge in [0, 0.05) is 29.6 Å². The van der Waals surface area contributed by atoms with E-state index in [1.54, 1.807) is 24.3 Å². The average molecular weight is 503 g/mol. The molecule has 1 aliphatic rings. The number of nitrogens with one attached hydrogen (secondary N) is 3. The number of rotatable bonds is 8. The fourth-order valence-corrected chi connectivity index (χ4v) is 4.25. The summed E-state index contributed by atoms with van der Waals surface area (Å²) in [4.78, 5) is 26.2. The van der Waals surface area contributed by atoms with Gasteiger partial charge in [-0.25, -0.2) is 5.43 Å². The number of hydrogen-bond donors (Lipinski definition) is 3. The van der Waals surface area contributed by atoms with E-state index in [-0.39, 0.29) is 35.4 Å². The maximum Gasteiger partial charge on any atom is 0.267 e. The first-order chi connectivity index (χ1) is 17.4. The summed E-state index contributed by atoms with van der Waals surface area (Å²) >= 11 is 6.14. The topological polar surface area (TPSA) is 73.5 Å². The zero-order valence-electron chi connectivity index (χ0n) is 20.4. The van der Waals surface area contributed by atoms with Crippen LogP contribution in [0.4, 0.5) is 5.69 Å². The van der Waals surface area contributed by atoms with Crippen LogP contribution in [-0.2, 0) is 4.79 Å². The Balaban J connectivity index is 1.67. The van der Waals surface area contributed by atoms with Crippen molar-refractivity contribution < 1.29 is 9.59 Å². The SMILES string of the molecule is CC(C)CNC(=O)/C(=C/[C@@H]1CN(c2ccccc2)N[C@@H]1c1ccc(Cl)cc1)NC(=O)c1ccccc1. The smallest absolute Gasteiger partial charge is 0.267 e. The third-order valence-corrected chi connectivity index (χ3v) is 6.25. The van der Waals surface area contributed by atoms with Crippen molar-refractivity contribution in [3.8, 4) is 0 Å². The number of carbonyl (C=O) groups excluding carboxylic acids is 2. The Hall–Kier alpha value is -3.61. The van der Waals surface area contributed by atoms with E-state index in [0.29, 0.717) is 23.7 Å². The molecule has 1 saturated heterocycles. The van der Waals surface area contributed by atoms with E-state index in [1.165, 1.54) is 0 Å². The molecule has 2 amide bonds. The van der Waals surface area contributed by atoms with Crippen LogP contribution in [0.3, 0.4) is 0 Å². The fourth-order valence-electron chi connectivity index (χ4n) is 4.13. The average Bonchev–Trinajstić information content (AvgIpc) is 3.32. The molecule has 3 N–H and O–H groups in total. The van der Waals surface area contributed by atoms with Crippen molar-refractivity contribution in [2.75, 3.05) is 18.1 Å². The standard InChI is InChI=1S/C29H31ClN4O2/c1-20(2)18-31-29(36)26(32-28(35)22-9-5-3-6-10-22)17-23-19-34(25-11-7-4-8-12-25)33-27(23)21-13-15-24(30)16-14-21/h3-17,20,23,27,33H,18-19H2,1-2H3,(H,31,36)(H,32,35)/b26-17-/t23-,27-/m1/s1. The highest BCUT2D eigenvalue weighted by molar-refractivity contribution is 6.30. The van der Waals surface area contributed by atoms with E-state index < -0.39 is 0 Å². The van der Waals surface area contributed by atoms with Crippen LogP contribution in [0.2, 0.25) is 5.02 Å². The first-order valence-electron chi connectivity index (χ1n) is 12.1. The van der Waals surface area contributed by atoms with Crippen molar-refractivity contribution in [1.82, 2.24) is 16.1 Å². The number of nitrogens with zero attached hydrogens (tertiary/aromatic N) is 1. The van der Waals surface area contributed by atoms with Crippen LogP contribution < -0.4 is 21.1 Å². The monoisotopic (exact) mass is 502 g/mol. The summed E-state index contributed by atoms with van der Waals surface area (Å²) < 4.78 is 0. The first-order valence-corrected chi connectivity index (χ1v) is 12.5. The Kier molecular flexibility index (Phi) is 8.41. The van der Waals surface area contributed by atoms with Crippen molar-refractivity contribution in [3.05, 3.63) is 113 Å². The van der Waals surface area contributed by atoms with E-state index in [9.17, 15) is 9.59 Å². The van der Waals surface area contributed by atoms with Gasteiger partial charge in [0.1, 0.15) is 5.70 Å². The molecule has 3 aromatic rings. The highest BCUT2D eigenvalue weighted by Gasteiger charge is 2.33. The van der Waals surface area contributed by atoms with Crippen LogP contribution in [0, 0.1) is 11.8 Å². The molecule has 2 atom stereocenters. The van der Waals surface area contributed by atoms with Gasteiger partial charge in [-0.3, -0.25) is 9.59 Å². The quantitative estimate of drug-likeness (QED) is 0.374. The Morgan fingerprint density at radius 1 is 1.00 bits per heavy atom. The van der Waals surface area contributed by atoms with Gasteiger partial charge in [0.05, 0.1) is 11.7 Å². The number of carbonyl (C=O) groups is 2. The molecule has 4 rings (SSSR count). The van der Waals surface area contributed by atoms with Gasteiger partial charge in [-0.15, -0.1) is 0 Å². The predicted molar refractivity (Wildman–Crippen MR) is 144 cm³/mol. The van der Waals surface area contributed by atoms with Crippen LogP contribution >= 0.6 is 11.6 Å². The Labute approximate surface area is 217 Å². The number of hydrazine groups is 1.